The molecule has 0 saturated carbocycles. The van der Waals surface area contributed by atoms with Gasteiger partial charge in [0, 0.05) is 36.5 Å². The summed E-state index contributed by atoms with van der Waals surface area (Å²) in [6, 6.07) is 58.2. The summed E-state index contributed by atoms with van der Waals surface area (Å²) in [5.74, 6) is 0. The maximum atomic E-state index is 6.97. The van der Waals surface area contributed by atoms with E-state index in [1.807, 2.05) is 11.3 Å². The lowest BCUT2D eigenvalue weighted by molar-refractivity contribution is 0.670. The van der Waals surface area contributed by atoms with E-state index in [4.69, 9.17) is 4.42 Å². The summed E-state index contributed by atoms with van der Waals surface area (Å²) in [6.07, 6.45) is 0. The fourth-order valence-corrected chi connectivity index (χ4v) is 9.86. The quantitative estimate of drug-likeness (QED) is 0.170. The third-order valence-corrected chi connectivity index (χ3v) is 12.1. The Morgan fingerprint density at radius 3 is 1.88 bits per heavy atom. The number of hydrogen-bond acceptors (Lipinski definition) is 2. The van der Waals surface area contributed by atoms with E-state index in [-0.39, 0.29) is 0 Å². The van der Waals surface area contributed by atoms with E-state index in [2.05, 4.69) is 158 Å². The average molecular weight is 651 g/mol. The Balaban J connectivity index is 1.16. The first-order valence-corrected chi connectivity index (χ1v) is 18.0. The molecule has 2 heterocycles. The third-order valence-electron chi connectivity index (χ3n) is 11.0. The van der Waals surface area contributed by atoms with Crippen molar-refractivity contribution in [3.05, 3.63) is 158 Å². The van der Waals surface area contributed by atoms with Crippen LogP contribution in [0.5, 0.6) is 0 Å². The van der Waals surface area contributed by atoms with Crippen LogP contribution in [0.25, 0.3) is 118 Å². The number of fused-ring (bicyclic) bond motifs is 9. The second-order valence-corrected chi connectivity index (χ2v) is 14.7. The van der Waals surface area contributed by atoms with Crippen molar-refractivity contribution in [1.82, 2.24) is 0 Å². The van der Waals surface area contributed by atoms with E-state index in [0.29, 0.717) is 0 Å². The summed E-state index contributed by atoms with van der Waals surface area (Å²) in [7, 11) is 0. The van der Waals surface area contributed by atoms with Gasteiger partial charge in [-0.1, -0.05) is 127 Å². The largest absolute Gasteiger partial charge is 0.455 e. The molecular weight excluding hydrogens is 625 g/mol. The summed E-state index contributed by atoms with van der Waals surface area (Å²) in [6.45, 7) is 0. The van der Waals surface area contributed by atoms with Crippen molar-refractivity contribution >= 4 is 107 Å². The van der Waals surface area contributed by atoms with Crippen LogP contribution in [0.4, 0.5) is 0 Å². The Morgan fingerprint density at radius 2 is 1.00 bits per heavy atom. The highest BCUT2D eigenvalue weighted by atomic mass is 32.1. The van der Waals surface area contributed by atoms with Gasteiger partial charge in [0.1, 0.15) is 11.2 Å². The van der Waals surface area contributed by atoms with Crippen molar-refractivity contribution in [3.8, 4) is 22.3 Å². The van der Waals surface area contributed by atoms with Crippen LogP contribution in [-0.2, 0) is 0 Å². The lowest BCUT2D eigenvalue weighted by Gasteiger charge is -2.15. The van der Waals surface area contributed by atoms with E-state index in [0.717, 1.165) is 22.1 Å². The van der Waals surface area contributed by atoms with Crippen molar-refractivity contribution in [1.29, 1.82) is 0 Å². The van der Waals surface area contributed by atoms with Crippen LogP contribution >= 0.6 is 11.3 Å². The standard InChI is InChI=1S/C48H26OS/c1-2-8-32-25-41-40(24-31(32)7-1)47-38(36-18-14-30-13-12-28-9-5-10-29-15-19-37(36)45(30)44(28)29)22-21-35(48(47)49-41)33-16-20-39-43(26-33)50-42-23-17-27-6-3-4-11-34(27)46(39)42/h1-26H. The molecule has 0 amide bonds. The molecule has 0 saturated heterocycles. The van der Waals surface area contributed by atoms with Gasteiger partial charge < -0.3 is 4.42 Å². The number of hydrogen-bond donors (Lipinski definition) is 0. The van der Waals surface area contributed by atoms with Crippen LogP contribution in [0.1, 0.15) is 0 Å². The van der Waals surface area contributed by atoms with Gasteiger partial charge >= 0.3 is 0 Å². The molecule has 0 aliphatic rings. The van der Waals surface area contributed by atoms with E-state index in [1.54, 1.807) is 0 Å². The molecule has 0 aliphatic heterocycles. The van der Waals surface area contributed by atoms with Gasteiger partial charge in [-0.25, -0.2) is 0 Å². The van der Waals surface area contributed by atoms with Gasteiger partial charge in [0.15, 0.2) is 0 Å². The molecule has 12 rings (SSSR count). The maximum Gasteiger partial charge on any atom is 0.143 e. The lowest BCUT2D eigenvalue weighted by atomic mass is 9.87. The summed E-state index contributed by atoms with van der Waals surface area (Å²) < 4.78 is 9.58. The Hall–Kier alpha value is -6.22. The molecule has 10 aromatic carbocycles. The first-order valence-electron chi connectivity index (χ1n) is 17.2. The molecule has 0 spiro atoms. The van der Waals surface area contributed by atoms with E-state index < -0.39 is 0 Å². The molecule has 2 aromatic heterocycles. The van der Waals surface area contributed by atoms with Gasteiger partial charge in [0.05, 0.1) is 0 Å². The fourth-order valence-electron chi connectivity index (χ4n) is 8.70. The zero-order valence-electron chi connectivity index (χ0n) is 26.8. The molecule has 2 heteroatoms. The highest BCUT2D eigenvalue weighted by Gasteiger charge is 2.21. The van der Waals surface area contributed by atoms with Gasteiger partial charge in [-0.2, -0.15) is 0 Å². The van der Waals surface area contributed by atoms with E-state index in [9.17, 15) is 0 Å². The highest BCUT2D eigenvalue weighted by molar-refractivity contribution is 7.26. The molecule has 12 aromatic rings. The van der Waals surface area contributed by atoms with Gasteiger partial charge in [0.2, 0.25) is 0 Å². The van der Waals surface area contributed by atoms with Crippen molar-refractivity contribution in [2.24, 2.45) is 0 Å². The van der Waals surface area contributed by atoms with Crippen molar-refractivity contribution < 1.29 is 4.42 Å². The van der Waals surface area contributed by atoms with E-state index >= 15 is 0 Å². The SMILES string of the molecule is c1ccc2cc3c(cc2c1)oc1c(-c2ccc4c(c2)sc2ccc5ccccc5c24)ccc(-c2ccc4ccc5cccc6ccc2c4c56)c13. The van der Waals surface area contributed by atoms with Crippen LogP contribution in [0.15, 0.2) is 162 Å². The average Bonchev–Trinajstić information content (AvgIpc) is 3.74. The third kappa shape index (κ3) is 3.56. The molecular formula is C48H26OS. The second-order valence-electron chi connectivity index (χ2n) is 13.6. The molecule has 0 bridgehead atoms. The van der Waals surface area contributed by atoms with Crippen molar-refractivity contribution in [2.75, 3.05) is 0 Å². The van der Waals surface area contributed by atoms with Crippen LogP contribution in [0, 0.1) is 0 Å². The monoisotopic (exact) mass is 650 g/mol. The topological polar surface area (TPSA) is 13.1 Å². The minimum Gasteiger partial charge on any atom is -0.455 e. The van der Waals surface area contributed by atoms with Gasteiger partial charge in [-0.3, -0.25) is 0 Å². The Bertz CT molecular complexity index is 3360. The minimum atomic E-state index is 0.916. The van der Waals surface area contributed by atoms with Crippen LogP contribution in [-0.4, -0.2) is 0 Å². The second kappa shape index (κ2) is 9.69. The first-order chi connectivity index (χ1) is 24.8. The molecule has 230 valence electrons. The van der Waals surface area contributed by atoms with Crippen LogP contribution in [0.3, 0.4) is 0 Å². The molecule has 0 radical (unpaired) electrons. The molecule has 0 atom stereocenters. The summed E-state index contributed by atoms with van der Waals surface area (Å²) in [4.78, 5) is 0. The number of rotatable bonds is 2. The first kappa shape index (κ1) is 26.7. The summed E-state index contributed by atoms with van der Waals surface area (Å²) in [5.41, 5.74) is 6.57. The summed E-state index contributed by atoms with van der Waals surface area (Å²) in [5, 5.41) is 17.7. The lowest BCUT2D eigenvalue weighted by Crippen LogP contribution is -1.89. The Morgan fingerprint density at radius 1 is 0.340 bits per heavy atom. The molecule has 1 nitrogen and oxygen atoms in total. The zero-order valence-corrected chi connectivity index (χ0v) is 27.6. The van der Waals surface area contributed by atoms with Gasteiger partial charge in [-0.05, 0) is 101 Å². The Kier molecular flexibility index (Phi) is 5.18. The van der Waals surface area contributed by atoms with E-state index in [1.165, 1.54) is 96.1 Å². The molecule has 0 unspecified atom stereocenters. The molecule has 50 heavy (non-hydrogen) atoms. The predicted octanol–water partition coefficient (Wildman–Crippen LogP) is 14.5. The summed E-state index contributed by atoms with van der Waals surface area (Å²) >= 11 is 1.87. The highest BCUT2D eigenvalue weighted by Crippen LogP contribution is 2.47. The van der Waals surface area contributed by atoms with Crippen molar-refractivity contribution in [2.45, 2.75) is 0 Å². The molecule has 0 N–H and O–H groups in total. The number of benzene rings is 10. The Labute approximate surface area is 290 Å². The zero-order chi connectivity index (χ0) is 32.5. The maximum absolute atomic E-state index is 6.97. The van der Waals surface area contributed by atoms with Gasteiger partial charge in [0.25, 0.3) is 0 Å². The fraction of sp³-hybridized carbons (Fsp3) is 0. The van der Waals surface area contributed by atoms with Crippen molar-refractivity contribution in [3.63, 3.8) is 0 Å². The predicted molar refractivity (Wildman–Crippen MR) is 216 cm³/mol. The smallest absolute Gasteiger partial charge is 0.143 e. The van der Waals surface area contributed by atoms with Crippen LogP contribution < -0.4 is 0 Å². The minimum absolute atomic E-state index is 0.916. The number of thiophene rings is 1. The molecule has 0 aliphatic carbocycles. The normalized spacial score (nSPS) is 12.4. The van der Waals surface area contributed by atoms with Crippen LogP contribution in [0.2, 0.25) is 0 Å². The molecule has 0 fully saturated rings. The van der Waals surface area contributed by atoms with Gasteiger partial charge in [-0.15, -0.1) is 11.3 Å². The number of furan rings is 1.